The van der Waals surface area contributed by atoms with Crippen molar-refractivity contribution in [3.8, 4) is 0 Å². The maximum atomic E-state index is 12.2. The van der Waals surface area contributed by atoms with Crippen LogP contribution in [0, 0.1) is 0 Å². The van der Waals surface area contributed by atoms with E-state index in [1.165, 1.54) is 0 Å². The van der Waals surface area contributed by atoms with E-state index in [1.807, 2.05) is 0 Å². The van der Waals surface area contributed by atoms with Gasteiger partial charge >= 0.3 is 5.76 Å². The predicted molar refractivity (Wildman–Crippen MR) is 89.8 cm³/mol. The zero-order valence-electron chi connectivity index (χ0n) is 12.7. The van der Waals surface area contributed by atoms with Gasteiger partial charge in [-0.1, -0.05) is 12.1 Å². The van der Waals surface area contributed by atoms with Gasteiger partial charge in [-0.25, -0.2) is 13.2 Å². The molecule has 3 rings (SSSR count). The molecule has 1 aromatic heterocycles. The smallest absolute Gasteiger partial charge is 0.408 e. The minimum absolute atomic E-state index is 0.0700. The number of aromatic nitrogens is 1. The summed E-state index contributed by atoms with van der Waals surface area (Å²) < 4.78 is 27.4. The SMILES string of the molecule is CS(=O)(=O)Cc1ccc(C(=O)Nc2ccc3oc(=O)[nH]c3c2)cc1. The van der Waals surface area contributed by atoms with Crippen molar-refractivity contribution in [1.29, 1.82) is 0 Å². The van der Waals surface area contributed by atoms with Gasteiger partial charge in [0.25, 0.3) is 5.91 Å². The number of rotatable bonds is 4. The standard InChI is InChI=1S/C16H14N2O5S/c1-24(21,22)9-10-2-4-11(5-3-10)15(19)17-12-6-7-14-13(8-12)18-16(20)23-14/h2-8H,9H2,1H3,(H,17,19)(H,18,20). The molecule has 24 heavy (non-hydrogen) atoms. The molecule has 0 unspecified atom stereocenters. The largest absolute Gasteiger partial charge is 0.417 e. The van der Waals surface area contributed by atoms with Gasteiger partial charge in [-0.2, -0.15) is 0 Å². The lowest BCUT2D eigenvalue weighted by molar-refractivity contribution is 0.102. The average molecular weight is 346 g/mol. The number of oxazole rings is 1. The highest BCUT2D eigenvalue weighted by molar-refractivity contribution is 7.89. The average Bonchev–Trinajstić information content (AvgIpc) is 2.85. The van der Waals surface area contributed by atoms with Crippen LogP contribution < -0.4 is 11.1 Å². The Bertz CT molecular complexity index is 1060. The van der Waals surface area contributed by atoms with E-state index in [-0.39, 0.29) is 11.7 Å². The highest BCUT2D eigenvalue weighted by atomic mass is 32.2. The van der Waals surface area contributed by atoms with Crippen LogP contribution in [-0.2, 0) is 15.6 Å². The fourth-order valence-electron chi connectivity index (χ4n) is 2.29. The maximum Gasteiger partial charge on any atom is 0.417 e. The molecule has 0 spiro atoms. The Kier molecular flexibility index (Phi) is 3.98. The number of hydrogen-bond donors (Lipinski definition) is 2. The molecule has 3 aromatic rings. The second kappa shape index (κ2) is 5.97. The number of sulfone groups is 1. The van der Waals surface area contributed by atoms with Crippen LogP contribution in [0.25, 0.3) is 11.1 Å². The Morgan fingerprint density at radius 3 is 2.54 bits per heavy atom. The molecule has 0 bridgehead atoms. The van der Waals surface area contributed by atoms with E-state index < -0.39 is 15.6 Å². The number of amides is 1. The second-order valence-electron chi connectivity index (χ2n) is 5.45. The Labute approximate surface area is 137 Å². The first-order valence-corrected chi connectivity index (χ1v) is 9.07. The van der Waals surface area contributed by atoms with Crippen LogP contribution in [0.4, 0.5) is 5.69 Å². The summed E-state index contributed by atoms with van der Waals surface area (Å²) in [5.74, 6) is -0.972. The lowest BCUT2D eigenvalue weighted by atomic mass is 10.1. The van der Waals surface area contributed by atoms with Crippen LogP contribution in [0.15, 0.2) is 51.7 Å². The van der Waals surface area contributed by atoms with E-state index in [1.54, 1.807) is 42.5 Å². The first-order valence-electron chi connectivity index (χ1n) is 7.01. The Morgan fingerprint density at radius 2 is 1.88 bits per heavy atom. The van der Waals surface area contributed by atoms with Crippen LogP contribution in [-0.4, -0.2) is 25.6 Å². The number of nitrogens with one attached hydrogen (secondary N) is 2. The first kappa shape index (κ1) is 16.0. The normalized spacial score (nSPS) is 11.5. The fourth-order valence-corrected chi connectivity index (χ4v) is 3.09. The van der Waals surface area contributed by atoms with Crippen LogP contribution in [0.3, 0.4) is 0 Å². The summed E-state index contributed by atoms with van der Waals surface area (Å²) in [5.41, 5.74) is 2.41. The van der Waals surface area contributed by atoms with Gasteiger partial charge in [0.1, 0.15) is 0 Å². The van der Waals surface area contributed by atoms with Gasteiger partial charge in [0.05, 0.1) is 11.3 Å². The number of benzene rings is 2. The van der Waals surface area contributed by atoms with E-state index in [9.17, 15) is 18.0 Å². The lowest BCUT2D eigenvalue weighted by Gasteiger charge is -2.06. The third kappa shape index (κ3) is 3.72. The number of anilines is 1. The molecule has 0 radical (unpaired) electrons. The molecule has 8 heteroatoms. The van der Waals surface area contributed by atoms with E-state index in [0.29, 0.717) is 27.9 Å². The molecule has 0 aliphatic rings. The van der Waals surface area contributed by atoms with E-state index in [4.69, 9.17) is 4.42 Å². The molecule has 0 aliphatic heterocycles. The number of carbonyl (C=O) groups is 1. The zero-order chi connectivity index (χ0) is 17.3. The Morgan fingerprint density at radius 1 is 1.17 bits per heavy atom. The summed E-state index contributed by atoms with van der Waals surface area (Å²) in [6.07, 6.45) is 1.16. The first-order chi connectivity index (χ1) is 11.3. The minimum atomic E-state index is -3.12. The Hall–Kier alpha value is -2.87. The topological polar surface area (TPSA) is 109 Å². The number of hydrogen-bond acceptors (Lipinski definition) is 5. The summed E-state index contributed by atoms with van der Waals surface area (Å²) in [4.78, 5) is 25.9. The van der Waals surface area contributed by atoms with Gasteiger partial charge in [0.15, 0.2) is 15.4 Å². The molecule has 2 N–H and O–H groups in total. The minimum Gasteiger partial charge on any atom is -0.408 e. The van der Waals surface area contributed by atoms with Crippen LogP contribution in [0.5, 0.6) is 0 Å². The predicted octanol–water partition coefficient (Wildman–Crippen LogP) is 1.92. The van der Waals surface area contributed by atoms with E-state index in [0.717, 1.165) is 6.26 Å². The molecule has 124 valence electrons. The molecule has 0 saturated heterocycles. The highest BCUT2D eigenvalue weighted by Gasteiger charge is 2.09. The van der Waals surface area contributed by atoms with Gasteiger partial charge in [0, 0.05) is 17.5 Å². The summed E-state index contributed by atoms with van der Waals surface area (Å²) in [6.45, 7) is 0. The zero-order valence-corrected chi connectivity index (χ0v) is 13.5. The van der Waals surface area contributed by atoms with Crippen molar-refractivity contribution in [2.75, 3.05) is 11.6 Å². The number of aromatic amines is 1. The quantitative estimate of drug-likeness (QED) is 0.750. The lowest BCUT2D eigenvalue weighted by Crippen LogP contribution is -2.12. The number of carbonyl (C=O) groups excluding carboxylic acids is 1. The summed E-state index contributed by atoms with van der Waals surface area (Å²) in [7, 11) is -3.12. The molecule has 0 fully saturated rings. The molecule has 7 nitrogen and oxygen atoms in total. The summed E-state index contributed by atoms with van der Waals surface area (Å²) in [6, 6.07) is 11.1. The second-order valence-corrected chi connectivity index (χ2v) is 7.59. The monoisotopic (exact) mass is 346 g/mol. The summed E-state index contributed by atoms with van der Waals surface area (Å²) in [5, 5.41) is 2.71. The van der Waals surface area contributed by atoms with Crippen molar-refractivity contribution in [1.82, 2.24) is 4.98 Å². The van der Waals surface area contributed by atoms with Crippen molar-refractivity contribution in [2.24, 2.45) is 0 Å². The van der Waals surface area contributed by atoms with E-state index in [2.05, 4.69) is 10.3 Å². The maximum absolute atomic E-state index is 12.2. The third-order valence-corrected chi connectivity index (χ3v) is 4.18. The Balaban J connectivity index is 1.77. The van der Waals surface area contributed by atoms with Gasteiger partial charge in [-0.15, -0.1) is 0 Å². The van der Waals surface area contributed by atoms with E-state index >= 15 is 0 Å². The van der Waals surface area contributed by atoms with Crippen molar-refractivity contribution < 1.29 is 17.6 Å². The summed E-state index contributed by atoms with van der Waals surface area (Å²) >= 11 is 0. The molecule has 1 amide bonds. The van der Waals surface area contributed by atoms with Crippen LogP contribution in [0.2, 0.25) is 0 Å². The third-order valence-electron chi connectivity index (χ3n) is 3.32. The molecular formula is C16H14N2O5S. The van der Waals surface area contributed by atoms with Gasteiger partial charge in [-0.3, -0.25) is 9.78 Å². The van der Waals surface area contributed by atoms with Crippen molar-refractivity contribution in [3.05, 3.63) is 64.1 Å². The van der Waals surface area contributed by atoms with Crippen LogP contribution >= 0.6 is 0 Å². The highest BCUT2D eigenvalue weighted by Crippen LogP contribution is 2.17. The molecule has 0 atom stereocenters. The molecule has 0 saturated carbocycles. The van der Waals surface area contributed by atoms with Gasteiger partial charge in [-0.05, 0) is 35.9 Å². The van der Waals surface area contributed by atoms with Crippen molar-refractivity contribution >= 4 is 32.5 Å². The molecule has 0 aliphatic carbocycles. The van der Waals surface area contributed by atoms with Crippen LogP contribution in [0.1, 0.15) is 15.9 Å². The number of H-pyrrole nitrogens is 1. The molecule has 2 aromatic carbocycles. The molecular weight excluding hydrogens is 332 g/mol. The molecule has 1 heterocycles. The van der Waals surface area contributed by atoms with Crippen molar-refractivity contribution in [2.45, 2.75) is 5.75 Å². The number of fused-ring (bicyclic) bond motifs is 1. The van der Waals surface area contributed by atoms with Crippen molar-refractivity contribution in [3.63, 3.8) is 0 Å². The van der Waals surface area contributed by atoms with Gasteiger partial charge in [0.2, 0.25) is 0 Å². The van der Waals surface area contributed by atoms with Gasteiger partial charge < -0.3 is 9.73 Å². The fraction of sp³-hybridized carbons (Fsp3) is 0.125.